The van der Waals surface area contributed by atoms with Crippen LogP contribution in [0.5, 0.6) is 0 Å². The molecule has 0 fully saturated rings. The molecule has 1 heterocycles. The van der Waals surface area contributed by atoms with Crippen LogP contribution in [0, 0.1) is 0 Å². The van der Waals surface area contributed by atoms with Gasteiger partial charge in [-0.1, -0.05) is 11.3 Å². The van der Waals surface area contributed by atoms with Crippen molar-refractivity contribution < 1.29 is 9.59 Å². The lowest BCUT2D eigenvalue weighted by atomic mass is 10.6. The average Bonchev–Trinajstić information content (AvgIpc) is 2.64. The van der Waals surface area contributed by atoms with Gasteiger partial charge in [0, 0.05) is 21.0 Å². The summed E-state index contributed by atoms with van der Waals surface area (Å²) in [6, 6.07) is 0. The fraction of sp³-hybridized carbons (Fsp3) is 0.375. The molecule has 14 heavy (non-hydrogen) atoms. The molecule has 2 amide bonds. The third kappa shape index (κ3) is 2.08. The third-order valence-electron chi connectivity index (χ3n) is 1.72. The Morgan fingerprint density at radius 2 is 2.21 bits per heavy atom. The molecule has 1 aromatic heterocycles. The van der Waals surface area contributed by atoms with Crippen LogP contribution in [0.4, 0.5) is 5.00 Å². The molecule has 0 aromatic carbocycles. The Kier molecular flexibility index (Phi) is 3.19. The molecular formula is C8H11N3O2S. The molecule has 76 valence electrons. The number of hydrogen-bond acceptors (Lipinski definition) is 4. The summed E-state index contributed by atoms with van der Waals surface area (Å²) in [5, 5.41) is 3.49. The molecule has 0 bridgehead atoms. The molecule has 0 unspecified atom stereocenters. The van der Waals surface area contributed by atoms with Crippen LogP contribution in [-0.2, 0) is 4.79 Å². The zero-order valence-corrected chi connectivity index (χ0v) is 9.01. The molecule has 0 aliphatic heterocycles. The lowest BCUT2D eigenvalue weighted by molar-refractivity contribution is -0.116. The van der Waals surface area contributed by atoms with Gasteiger partial charge in [0.05, 0.1) is 6.20 Å². The molecule has 0 saturated carbocycles. The summed E-state index contributed by atoms with van der Waals surface area (Å²) in [6.45, 7) is 1.46. The minimum atomic E-state index is -0.238. The Morgan fingerprint density at radius 1 is 1.57 bits per heavy atom. The van der Waals surface area contributed by atoms with E-state index >= 15 is 0 Å². The summed E-state index contributed by atoms with van der Waals surface area (Å²) in [7, 11) is 3.18. The highest BCUT2D eigenvalue weighted by molar-refractivity contribution is 7.17. The largest absolute Gasteiger partial charge is 0.353 e. The van der Waals surface area contributed by atoms with Gasteiger partial charge in [0.25, 0.3) is 5.91 Å². The first-order valence-electron chi connectivity index (χ1n) is 3.98. The molecular weight excluding hydrogens is 202 g/mol. The minimum absolute atomic E-state index is 0.0860. The van der Waals surface area contributed by atoms with Gasteiger partial charge in [-0.15, -0.1) is 0 Å². The Bertz CT molecular complexity index is 361. The molecule has 1 aromatic rings. The SMILES string of the molecule is CNC(=O)c1ncc(N(C)C(C)=O)s1. The van der Waals surface area contributed by atoms with E-state index in [0.717, 1.165) is 0 Å². The second-order valence-electron chi connectivity index (χ2n) is 2.66. The zero-order valence-electron chi connectivity index (χ0n) is 8.20. The maximum absolute atomic E-state index is 11.2. The second-order valence-corrected chi connectivity index (χ2v) is 3.67. The van der Waals surface area contributed by atoms with Crippen molar-refractivity contribution in [2.24, 2.45) is 0 Å². The maximum atomic E-state index is 11.2. The van der Waals surface area contributed by atoms with Crippen molar-refractivity contribution in [3.05, 3.63) is 11.2 Å². The highest BCUT2D eigenvalue weighted by Gasteiger charge is 2.13. The van der Waals surface area contributed by atoms with Gasteiger partial charge in [-0.25, -0.2) is 4.98 Å². The van der Waals surface area contributed by atoms with Gasteiger partial charge in [0.1, 0.15) is 5.00 Å². The van der Waals surface area contributed by atoms with Crippen LogP contribution < -0.4 is 10.2 Å². The average molecular weight is 213 g/mol. The molecule has 0 aliphatic carbocycles. The summed E-state index contributed by atoms with van der Waals surface area (Å²) >= 11 is 1.18. The van der Waals surface area contributed by atoms with Crippen LogP contribution in [0.2, 0.25) is 0 Å². The van der Waals surface area contributed by atoms with Crippen LogP contribution in [0.15, 0.2) is 6.20 Å². The van der Waals surface area contributed by atoms with Crippen molar-refractivity contribution in [3.8, 4) is 0 Å². The van der Waals surface area contributed by atoms with Crippen LogP contribution in [0.25, 0.3) is 0 Å². The van der Waals surface area contributed by atoms with Gasteiger partial charge in [-0.2, -0.15) is 0 Å². The first-order chi connectivity index (χ1) is 6.56. The fourth-order valence-corrected chi connectivity index (χ4v) is 1.66. The third-order valence-corrected chi connectivity index (χ3v) is 2.79. The molecule has 6 heteroatoms. The van der Waals surface area contributed by atoms with E-state index in [2.05, 4.69) is 10.3 Å². The summed E-state index contributed by atoms with van der Waals surface area (Å²) < 4.78 is 0. The summed E-state index contributed by atoms with van der Waals surface area (Å²) in [4.78, 5) is 27.5. The van der Waals surface area contributed by atoms with E-state index in [0.29, 0.717) is 10.0 Å². The molecule has 0 spiro atoms. The second kappa shape index (κ2) is 4.19. The minimum Gasteiger partial charge on any atom is -0.353 e. The van der Waals surface area contributed by atoms with E-state index in [1.807, 2.05) is 0 Å². The van der Waals surface area contributed by atoms with Gasteiger partial charge in [0.2, 0.25) is 5.91 Å². The van der Waals surface area contributed by atoms with Gasteiger partial charge in [-0.05, 0) is 0 Å². The lowest BCUT2D eigenvalue weighted by Crippen LogP contribution is -2.21. The number of aromatic nitrogens is 1. The van der Waals surface area contributed by atoms with Gasteiger partial charge in [0.15, 0.2) is 5.01 Å². The molecule has 0 aliphatic rings. The highest BCUT2D eigenvalue weighted by atomic mass is 32.1. The van der Waals surface area contributed by atoms with Crippen molar-refractivity contribution in [1.29, 1.82) is 0 Å². The van der Waals surface area contributed by atoms with Crippen molar-refractivity contribution in [2.75, 3.05) is 19.0 Å². The van der Waals surface area contributed by atoms with Crippen molar-refractivity contribution in [2.45, 2.75) is 6.92 Å². The number of carbonyl (C=O) groups excluding carboxylic acids is 2. The number of nitrogens with one attached hydrogen (secondary N) is 1. The van der Waals surface area contributed by atoms with Crippen LogP contribution in [0.3, 0.4) is 0 Å². The standard InChI is InChI=1S/C8H11N3O2S/c1-5(12)11(3)6-4-10-8(14-6)7(13)9-2/h4H,1-3H3,(H,9,13). The van der Waals surface area contributed by atoms with Crippen molar-refractivity contribution >= 4 is 28.2 Å². The number of hydrogen-bond donors (Lipinski definition) is 1. The maximum Gasteiger partial charge on any atom is 0.280 e. The number of rotatable bonds is 2. The molecule has 0 radical (unpaired) electrons. The van der Waals surface area contributed by atoms with Gasteiger partial charge < -0.3 is 10.2 Å². The summed E-state index contributed by atoms with van der Waals surface area (Å²) in [6.07, 6.45) is 1.51. The van der Waals surface area contributed by atoms with Crippen LogP contribution in [-0.4, -0.2) is 30.9 Å². The zero-order chi connectivity index (χ0) is 10.7. The number of nitrogens with zero attached hydrogens (tertiary/aromatic N) is 2. The first kappa shape index (κ1) is 10.6. The monoisotopic (exact) mass is 213 g/mol. The van der Waals surface area contributed by atoms with Crippen LogP contribution >= 0.6 is 11.3 Å². The van der Waals surface area contributed by atoms with E-state index in [9.17, 15) is 9.59 Å². The first-order valence-corrected chi connectivity index (χ1v) is 4.80. The Morgan fingerprint density at radius 3 is 2.71 bits per heavy atom. The summed E-state index contributed by atoms with van der Waals surface area (Å²) in [5.41, 5.74) is 0. The number of anilines is 1. The number of thiazole rings is 1. The predicted molar refractivity (Wildman–Crippen MR) is 54.6 cm³/mol. The number of carbonyl (C=O) groups is 2. The molecule has 5 nitrogen and oxygen atoms in total. The van der Waals surface area contributed by atoms with Gasteiger partial charge >= 0.3 is 0 Å². The topological polar surface area (TPSA) is 62.3 Å². The smallest absolute Gasteiger partial charge is 0.280 e. The Balaban J connectivity index is 2.88. The van der Waals surface area contributed by atoms with E-state index in [1.165, 1.54) is 36.4 Å². The van der Waals surface area contributed by atoms with Crippen LogP contribution in [0.1, 0.15) is 16.7 Å². The van der Waals surface area contributed by atoms with Gasteiger partial charge in [-0.3, -0.25) is 9.59 Å². The predicted octanol–water partition coefficient (Wildman–Crippen LogP) is 0.485. The fourth-order valence-electron chi connectivity index (χ4n) is 0.788. The Hall–Kier alpha value is -1.43. The molecule has 0 saturated heterocycles. The van der Waals surface area contributed by atoms with Crippen molar-refractivity contribution in [3.63, 3.8) is 0 Å². The van der Waals surface area contributed by atoms with E-state index in [1.54, 1.807) is 7.05 Å². The molecule has 1 N–H and O–H groups in total. The van der Waals surface area contributed by atoms with E-state index in [-0.39, 0.29) is 11.8 Å². The summed E-state index contributed by atoms with van der Waals surface area (Å²) in [5.74, 6) is -0.324. The Labute approximate surface area is 85.7 Å². The van der Waals surface area contributed by atoms with Crippen molar-refractivity contribution in [1.82, 2.24) is 10.3 Å². The lowest BCUT2D eigenvalue weighted by Gasteiger charge is -2.09. The highest BCUT2D eigenvalue weighted by Crippen LogP contribution is 2.22. The van der Waals surface area contributed by atoms with E-state index in [4.69, 9.17) is 0 Å². The number of amides is 2. The van der Waals surface area contributed by atoms with E-state index < -0.39 is 0 Å². The molecule has 1 rings (SSSR count). The normalized spacial score (nSPS) is 9.64. The molecule has 0 atom stereocenters. The quantitative estimate of drug-likeness (QED) is 0.777.